The molecule has 12 heavy (non-hydrogen) atoms. The van der Waals surface area contributed by atoms with Crippen molar-refractivity contribution in [3.8, 4) is 11.5 Å². The van der Waals surface area contributed by atoms with E-state index < -0.39 is 0 Å². The summed E-state index contributed by atoms with van der Waals surface area (Å²) in [6.07, 6.45) is 2.08. The number of ether oxygens (including phenoxy) is 1. The Labute approximate surface area is 71.8 Å². The number of phenols is 1. The highest BCUT2D eigenvalue weighted by atomic mass is 16.5. The van der Waals surface area contributed by atoms with Crippen molar-refractivity contribution in [1.29, 1.82) is 0 Å². The number of hydrogen-bond donors (Lipinski definition) is 1. The van der Waals surface area contributed by atoms with Crippen molar-refractivity contribution in [2.24, 2.45) is 0 Å². The standard InChI is InChI=1S/C10H12O2/c1-7-4-5-9(11)10-8(7)3-2-6-12-10/h4-5,11H,2-3,6H2,1H3. The summed E-state index contributed by atoms with van der Waals surface area (Å²) in [5, 5.41) is 9.46. The smallest absolute Gasteiger partial charge is 0.164 e. The summed E-state index contributed by atoms with van der Waals surface area (Å²) in [5.74, 6) is 0.969. The summed E-state index contributed by atoms with van der Waals surface area (Å²) in [6, 6.07) is 3.63. The number of rotatable bonds is 0. The van der Waals surface area contributed by atoms with Crippen LogP contribution in [0.25, 0.3) is 0 Å². The summed E-state index contributed by atoms with van der Waals surface area (Å²) in [4.78, 5) is 0. The molecule has 0 spiro atoms. The predicted octanol–water partition coefficient (Wildman–Crippen LogP) is 2.03. The first kappa shape index (κ1) is 7.47. The fourth-order valence-corrected chi connectivity index (χ4v) is 1.61. The molecule has 1 aromatic carbocycles. The van der Waals surface area contributed by atoms with E-state index >= 15 is 0 Å². The summed E-state index contributed by atoms with van der Waals surface area (Å²) < 4.78 is 5.39. The summed E-state index contributed by atoms with van der Waals surface area (Å²) >= 11 is 0. The second-order valence-electron chi connectivity index (χ2n) is 3.16. The minimum absolute atomic E-state index is 0.273. The van der Waals surface area contributed by atoms with Gasteiger partial charge in [-0.25, -0.2) is 0 Å². The lowest BCUT2D eigenvalue weighted by Gasteiger charge is -2.19. The first-order chi connectivity index (χ1) is 5.79. The fourth-order valence-electron chi connectivity index (χ4n) is 1.61. The molecule has 1 N–H and O–H groups in total. The van der Waals surface area contributed by atoms with Gasteiger partial charge in [-0.2, -0.15) is 0 Å². The molecule has 1 heterocycles. The molecule has 1 aliphatic rings. The third-order valence-corrected chi connectivity index (χ3v) is 2.29. The monoisotopic (exact) mass is 164 g/mol. The maximum absolute atomic E-state index is 9.46. The van der Waals surface area contributed by atoms with E-state index in [1.807, 2.05) is 13.0 Å². The van der Waals surface area contributed by atoms with Crippen LogP contribution < -0.4 is 4.74 Å². The van der Waals surface area contributed by atoms with Crippen LogP contribution in [0.2, 0.25) is 0 Å². The quantitative estimate of drug-likeness (QED) is 0.635. The molecule has 2 rings (SSSR count). The molecular formula is C10H12O2. The minimum Gasteiger partial charge on any atom is -0.504 e. The van der Waals surface area contributed by atoms with Crippen LogP contribution in [-0.2, 0) is 6.42 Å². The lowest BCUT2D eigenvalue weighted by atomic mass is 10.0. The average molecular weight is 164 g/mol. The molecule has 0 amide bonds. The van der Waals surface area contributed by atoms with Crippen LogP contribution in [0.5, 0.6) is 11.5 Å². The molecule has 0 aromatic heterocycles. The second kappa shape index (κ2) is 2.70. The van der Waals surface area contributed by atoms with Crippen molar-refractivity contribution in [2.75, 3.05) is 6.61 Å². The Bertz CT molecular complexity index is 274. The van der Waals surface area contributed by atoms with E-state index in [4.69, 9.17) is 4.74 Å². The van der Waals surface area contributed by atoms with Gasteiger partial charge in [0.25, 0.3) is 0 Å². The van der Waals surface area contributed by atoms with Crippen LogP contribution in [0.15, 0.2) is 12.1 Å². The van der Waals surface area contributed by atoms with E-state index in [-0.39, 0.29) is 5.75 Å². The highest BCUT2D eigenvalue weighted by Gasteiger charge is 2.15. The first-order valence-corrected chi connectivity index (χ1v) is 4.23. The Balaban J connectivity index is 2.57. The predicted molar refractivity (Wildman–Crippen MR) is 46.7 cm³/mol. The van der Waals surface area contributed by atoms with Gasteiger partial charge in [0.2, 0.25) is 0 Å². The van der Waals surface area contributed by atoms with E-state index in [0.717, 1.165) is 19.4 Å². The zero-order valence-corrected chi connectivity index (χ0v) is 7.13. The lowest BCUT2D eigenvalue weighted by Crippen LogP contribution is -2.09. The maximum Gasteiger partial charge on any atom is 0.164 e. The summed E-state index contributed by atoms with van der Waals surface area (Å²) in [7, 11) is 0. The number of fused-ring (bicyclic) bond motifs is 1. The minimum atomic E-state index is 0.273. The Morgan fingerprint density at radius 1 is 1.42 bits per heavy atom. The summed E-state index contributed by atoms with van der Waals surface area (Å²) in [5.41, 5.74) is 2.38. The molecule has 0 radical (unpaired) electrons. The zero-order chi connectivity index (χ0) is 8.55. The van der Waals surface area contributed by atoms with Gasteiger partial charge < -0.3 is 9.84 Å². The van der Waals surface area contributed by atoms with Gasteiger partial charge in [0.05, 0.1) is 6.61 Å². The average Bonchev–Trinajstić information content (AvgIpc) is 2.12. The normalized spacial score (nSPS) is 15.1. The SMILES string of the molecule is Cc1ccc(O)c2c1CCCO2. The molecular weight excluding hydrogens is 152 g/mol. The Morgan fingerprint density at radius 2 is 2.25 bits per heavy atom. The highest BCUT2D eigenvalue weighted by molar-refractivity contribution is 5.50. The van der Waals surface area contributed by atoms with Gasteiger partial charge in [0.1, 0.15) is 0 Å². The van der Waals surface area contributed by atoms with Crippen LogP contribution in [-0.4, -0.2) is 11.7 Å². The highest BCUT2D eigenvalue weighted by Crippen LogP contribution is 2.35. The Hall–Kier alpha value is -1.18. The molecule has 0 unspecified atom stereocenters. The van der Waals surface area contributed by atoms with Gasteiger partial charge in [-0.05, 0) is 31.4 Å². The molecule has 0 aliphatic carbocycles. The first-order valence-electron chi connectivity index (χ1n) is 4.23. The third kappa shape index (κ3) is 1.04. The number of phenolic OH excluding ortho intramolecular Hbond substituents is 1. The van der Waals surface area contributed by atoms with Crippen LogP contribution in [0, 0.1) is 6.92 Å². The third-order valence-electron chi connectivity index (χ3n) is 2.29. The van der Waals surface area contributed by atoms with E-state index in [9.17, 15) is 5.11 Å². The van der Waals surface area contributed by atoms with Crippen molar-refractivity contribution in [3.05, 3.63) is 23.3 Å². The van der Waals surface area contributed by atoms with Gasteiger partial charge in [0.15, 0.2) is 11.5 Å². The Morgan fingerprint density at radius 3 is 3.00 bits per heavy atom. The van der Waals surface area contributed by atoms with E-state index in [0.29, 0.717) is 5.75 Å². The summed E-state index contributed by atoms with van der Waals surface area (Å²) in [6.45, 7) is 2.77. The molecule has 1 aliphatic heterocycles. The second-order valence-corrected chi connectivity index (χ2v) is 3.16. The topological polar surface area (TPSA) is 29.5 Å². The van der Waals surface area contributed by atoms with Crippen LogP contribution in [0.4, 0.5) is 0 Å². The molecule has 64 valence electrons. The van der Waals surface area contributed by atoms with E-state index in [1.165, 1.54) is 11.1 Å². The number of aryl methyl sites for hydroxylation is 1. The molecule has 0 atom stereocenters. The van der Waals surface area contributed by atoms with Crippen LogP contribution >= 0.6 is 0 Å². The Kier molecular flexibility index (Phi) is 1.68. The molecule has 0 bridgehead atoms. The molecule has 2 heteroatoms. The lowest BCUT2D eigenvalue weighted by molar-refractivity contribution is 0.272. The number of benzene rings is 1. The largest absolute Gasteiger partial charge is 0.504 e. The molecule has 0 saturated heterocycles. The van der Waals surface area contributed by atoms with Gasteiger partial charge in [-0.1, -0.05) is 6.07 Å². The maximum atomic E-state index is 9.46. The fraction of sp³-hybridized carbons (Fsp3) is 0.400. The molecule has 0 fully saturated rings. The zero-order valence-electron chi connectivity index (χ0n) is 7.13. The van der Waals surface area contributed by atoms with E-state index in [2.05, 4.69) is 0 Å². The van der Waals surface area contributed by atoms with Gasteiger partial charge in [0, 0.05) is 5.56 Å². The van der Waals surface area contributed by atoms with Crippen molar-refractivity contribution in [2.45, 2.75) is 19.8 Å². The molecule has 1 aromatic rings. The number of hydrogen-bond acceptors (Lipinski definition) is 2. The molecule has 2 nitrogen and oxygen atoms in total. The van der Waals surface area contributed by atoms with Crippen molar-refractivity contribution in [1.82, 2.24) is 0 Å². The van der Waals surface area contributed by atoms with Crippen molar-refractivity contribution < 1.29 is 9.84 Å². The van der Waals surface area contributed by atoms with Crippen LogP contribution in [0.1, 0.15) is 17.5 Å². The van der Waals surface area contributed by atoms with E-state index in [1.54, 1.807) is 6.07 Å². The number of aromatic hydroxyl groups is 1. The van der Waals surface area contributed by atoms with Crippen molar-refractivity contribution in [3.63, 3.8) is 0 Å². The van der Waals surface area contributed by atoms with Crippen molar-refractivity contribution >= 4 is 0 Å². The van der Waals surface area contributed by atoms with Gasteiger partial charge >= 0.3 is 0 Å². The molecule has 0 saturated carbocycles. The van der Waals surface area contributed by atoms with Gasteiger partial charge in [-0.3, -0.25) is 0 Å². The van der Waals surface area contributed by atoms with Crippen LogP contribution in [0.3, 0.4) is 0 Å². The van der Waals surface area contributed by atoms with Gasteiger partial charge in [-0.15, -0.1) is 0 Å².